The van der Waals surface area contributed by atoms with Crippen molar-refractivity contribution in [1.29, 1.82) is 0 Å². The van der Waals surface area contributed by atoms with E-state index in [2.05, 4.69) is 10.5 Å². The number of hydrogen-bond acceptors (Lipinski definition) is 5. The molecule has 1 aromatic rings. The van der Waals surface area contributed by atoms with Gasteiger partial charge in [0.05, 0.1) is 13.3 Å². The van der Waals surface area contributed by atoms with E-state index in [9.17, 15) is 14.7 Å². The first kappa shape index (κ1) is 17.5. The fraction of sp³-hybridized carbons (Fsp3) is 0.400. The van der Waals surface area contributed by atoms with E-state index in [0.717, 1.165) is 0 Å². The fourth-order valence-electron chi connectivity index (χ4n) is 1.75. The number of carboxylic acids is 1. The molecule has 0 aliphatic carbocycles. The van der Waals surface area contributed by atoms with E-state index < -0.39 is 5.97 Å². The predicted octanol–water partition coefficient (Wildman–Crippen LogP) is 1.89. The number of carboxylic acid groups (broad SMARTS) is 1. The summed E-state index contributed by atoms with van der Waals surface area (Å²) in [6, 6.07) is 4.71. The first-order chi connectivity index (χ1) is 10.5. The number of hydrogen-bond donors (Lipinski definition) is 3. The Kier molecular flexibility index (Phi) is 7.45. The number of carbonyl (C=O) groups is 2. The molecular formula is C15H20N2O5. The van der Waals surface area contributed by atoms with Gasteiger partial charge in [0.25, 0.3) is 0 Å². The lowest BCUT2D eigenvalue weighted by molar-refractivity contribution is -0.137. The standard InChI is InChI=1S/C15H20N2O5/c1-22-13-9-11(7-8-12(13)18)10-16-17-14(19)5-3-2-4-6-15(20)21/h7-10,18H,2-6H2,1H3,(H,17,19)(H,20,21)/b16-10+. The quantitative estimate of drug-likeness (QED) is 0.367. The van der Waals surface area contributed by atoms with Crippen LogP contribution in [0.4, 0.5) is 0 Å². The summed E-state index contributed by atoms with van der Waals surface area (Å²) >= 11 is 0. The van der Waals surface area contributed by atoms with Crippen molar-refractivity contribution in [1.82, 2.24) is 5.43 Å². The summed E-state index contributed by atoms with van der Waals surface area (Å²) in [7, 11) is 1.45. The predicted molar refractivity (Wildman–Crippen MR) is 81.1 cm³/mol. The lowest BCUT2D eigenvalue weighted by Crippen LogP contribution is -2.16. The molecule has 0 unspecified atom stereocenters. The number of benzene rings is 1. The maximum absolute atomic E-state index is 11.5. The number of hydrazone groups is 1. The normalized spacial score (nSPS) is 10.6. The van der Waals surface area contributed by atoms with Crippen molar-refractivity contribution >= 4 is 18.1 Å². The lowest BCUT2D eigenvalue weighted by atomic mass is 10.1. The van der Waals surface area contributed by atoms with Gasteiger partial charge in [-0.2, -0.15) is 5.10 Å². The van der Waals surface area contributed by atoms with E-state index in [4.69, 9.17) is 9.84 Å². The van der Waals surface area contributed by atoms with Gasteiger partial charge in [-0.1, -0.05) is 6.42 Å². The Balaban J connectivity index is 2.30. The molecule has 120 valence electrons. The van der Waals surface area contributed by atoms with Gasteiger partial charge in [-0.3, -0.25) is 9.59 Å². The van der Waals surface area contributed by atoms with Crippen LogP contribution in [0, 0.1) is 0 Å². The van der Waals surface area contributed by atoms with Crippen LogP contribution in [0.2, 0.25) is 0 Å². The molecule has 0 aliphatic rings. The summed E-state index contributed by atoms with van der Waals surface area (Å²) in [6.07, 6.45) is 3.77. The third-order valence-corrected chi connectivity index (χ3v) is 2.90. The number of amides is 1. The van der Waals surface area contributed by atoms with E-state index in [-0.39, 0.29) is 18.1 Å². The van der Waals surface area contributed by atoms with Gasteiger partial charge in [-0.25, -0.2) is 5.43 Å². The molecule has 0 atom stereocenters. The SMILES string of the molecule is COc1cc(/C=N/NC(=O)CCCCCC(=O)O)ccc1O. The number of aromatic hydroxyl groups is 1. The minimum Gasteiger partial charge on any atom is -0.504 e. The zero-order valence-electron chi connectivity index (χ0n) is 12.4. The molecule has 0 radical (unpaired) electrons. The molecule has 1 amide bonds. The maximum Gasteiger partial charge on any atom is 0.303 e. The van der Waals surface area contributed by atoms with Crippen molar-refractivity contribution in [2.75, 3.05) is 7.11 Å². The molecule has 0 aliphatic heterocycles. The summed E-state index contributed by atoms with van der Waals surface area (Å²) in [4.78, 5) is 21.8. The maximum atomic E-state index is 11.5. The van der Waals surface area contributed by atoms with Gasteiger partial charge >= 0.3 is 5.97 Å². The second-order valence-electron chi connectivity index (χ2n) is 4.68. The van der Waals surface area contributed by atoms with Crippen LogP contribution in [0.25, 0.3) is 0 Å². The van der Waals surface area contributed by atoms with Gasteiger partial charge in [-0.15, -0.1) is 0 Å². The summed E-state index contributed by atoms with van der Waals surface area (Å²) in [5.74, 6) is -0.686. The highest BCUT2D eigenvalue weighted by Gasteiger charge is 2.02. The molecule has 22 heavy (non-hydrogen) atoms. The van der Waals surface area contributed by atoms with Crippen molar-refractivity contribution in [3.8, 4) is 11.5 Å². The Morgan fingerprint density at radius 1 is 1.27 bits per heavy atom. The van der Waals surface area contributed by atoms with Crippen molar-refractivity contribution in [2.24, 2.45) is 5.10 Å². The molecule has 0 fully saturated rings. The fourth-order valence-corrected chi connectivity index (χ4v) is 1.75. The highest BCUT2D eigenvalue weighted by atomic mass is 16.5. The average Bonchev–Trinajstić information content (AvgIpc) is 2.48. The van der Waals surface area contributed by atoms with Crippen LogP contribution in [0.3, 0.4) is 0 Å². The zero-order valence-corrected chi connectivity index (χ0v) is 12.4. The smallest absolute Gasteiger partial charge is 0.303 e. The minimum absolute atomic E-state index is 0.0325. The average molecular weight is 308 g/mol. The summed E-state index contributed by atoms with van der Waals surface area (Å²) in [5, 5.41) is 21.7. The van der Waals surface area contributed by atoms with Gasteiger partial charge in [0.2, 0.25) is 5.91 Å². The molecule has 0 saturated heterocycles. The molecule has 1 aromatic carbocycles. The van der Waals surface area contributed by atoms with Crippen molar-refractivity contribution in [3.63, 3.8) is 0 Å². The van der Waals surface area contributed by atoms with E-state index in [1.165, 1.54) is 19.4 Å². The molecule has 0 heterocycles. The van der Waals surface area contributed by atoms with Gasteiger partial charge in [-0.05, 0) is 36.6 Å². The lowest BCUT2D eigenvalue weighted by Gasteiger charge is -2.03. The van der Waals surface area contributed by atoms with Gasteiger partial charge in [0.15, 0.2) is 11.5 Å². The van der Waals surface area contributed by atoms with Gasteiger partial charge in [0, 0.05) is 12.8 Å². The summed E-state index contributed by atoms with van der Waals surface area (Å²) < 4.78 is 4.97. The Morgan fingerprint density at radius 2 is 2.00 bits per heavy atom. The number of phenols is 1. The van der Waals surface area contributed by atoms with E-state index in [1.54, 1.807) is 12.1 Å². The van der Waals surface area contributed by atoms with E-state index >= 15 is 0 Å². The Morgan fingerprint density at radius 3 is 2.68 bits per heavy atom. The summed E-state index contributed by atoms with van der Waals surface area (Å²) in [6.45, 7) is 0. The molecule has 7 nitrogen and oxygen atoms in total. The van der Waals surface area contributed by atoms with Crippen molar-refractivity contribution < 1.29 is 24.5 Å². The van der Waals surface area contributed by atoms with Crippen LogP contribution in [0.5, 0.6) is 11.5 Å². The van der Waals surface area contributed by atoms with Gasteiger partial charge in [0.1, 0.15) is 0 Å². The van der Waals surface area contributed by atoms with E-state index in [0.29, 0.717) is 37.0 Å². The molecule has 0 saturated carbocycles. The van der Waals surface area contributed by atoms with Crippen LogP contribution in [-0.2, 0) is 9.59 Å². The number of nitrogens with one attached hydrogen (secondary N) is 1. The number of phenolic OH excluding ortho intramolecular Hbond substituents is 1. The Labute approximate surface area is 128 Å². The molecular weight excluding hydrogens is 288 g/mol. The largest absolute Gasteiger partial charge is 0.504 e. The van der Waals surface area contributed by atoms with Crippen LogP contribution < -0.4 is 10.2 Å². The van der Waals surface area contributed by atoms with E-state index in [1.807, 2.05) is 0 Å². The van der Waals surface area contributed by atoms with Crippen LogP contribution in [0.15, 0.2) is 23.3 Å². The number of ether oxygens (including phenoxy) is 1. The molecule has 0 bridgehead atoms. The molecule has 7 heteroatoms. The first-order valence-corrected chi connectivity index (χ1v) is 6.93. The van der Waals surface area contributed by atoms with Crippen molar-refractivity contribution in [3.05, 3.63) is 23.8 Å². The minimum atomic E-state index is -0.821. The van der Waals surface area contributed by atoms with Crippen LogP contribution >= 0.6 is 0 Å². The Bertz CT molecular complexity index is 543. The molecule has 3 N–H and O–H groups in total. The second kappa shape index (κ2) is 9.38. The highest BCUT2D eigenvalue weighted by molar-refractivity contribution is 5.83. The highest BCUT2D eigenvalue weighted by Crippen LogP contribution is 2.25. The third-order valence-electron chi connectivity index (χ3n) is 2.90. The van der Waals surface area contributed by atoms with Gasteiger partial charge < -0.3 is 14.9 Å². The molecule has 0 aromatic heterocycles. The third kappa shape index (κ3) is 6.74. The number of aliphatic carboxylic acids is 1. The first-order valence-electron chi connectivity index (χ1n) is 6.93. The van der Waals surface area contributed by atoms with Crippen molar-refractivity contribution in [2.45, 2.75) is 32.1 Å². The number of carbonyl (C=O) groups excluding carboxylic acids is 1. The molecule has 0 spiro atoms. The number of nitrogens with zero attached hydrogens (tertiary/aromatic N) is 1. The van der Waals surface area contributed by atoms with Crippen LogP contribution in [0.1, 0.15) is 37.7 Å². The topological polar surface area (TPSA) is 108 Å². The number of methoxy groups -OCH3 is 1. The monoisotopic (exact) mass is 308 g/mol. The second-order valence-corrected chi connectivity index (χ2v) is 4.68. The summed E-state index contributed by atoms with van der Waals surface area (Å²) in [5.41, 5.74) is 3.07. The zero-order chi connectivity index (χ0) is 16.4. The number of unbranched alkanes of at least 4 members (excludes halogenated alkanes) is 2. The van der Waals surface area contributed by atoms with Crippen LogP contribution in [-0.4, -0.2) is 35.4 Å². The molecule has 1 rings (SSSR count). The number of rotatable bonds is 9. The Hall–Kier alpha value is -2.57.